The number of likely N-dealkylation sites (tertiary alicyclic amines) is 1. The number of nitrogens with one attached hydrogen (secondary N) is 1. The first-order valence-electron chi connectivity index (χ1n) is 10.4. The fourth-order valence-electron chi connectivity index (χ4n) is 5.29. The maximum Gasteiger partial charge on any atom is 0.0474 e. The molecule has 23 heavy (non-hydrogen) atoms. The third-order valence-electron chi connectivity index (χ3n) is 6.80. The Hall–Kier alpha value is -0.120. The highest BCUT2D eigenvalue weighted by molar-refractivity contribution is 4.88. The molecular weight excluding hydrogens is 284 g/mol. The predicted octanol–water partition coefficient (Wildman–Crippen LogP) is 3.56. The highest BCUT2D eigenvalue weighted by Crippen LogP contribution is 2.30. The van der Waals surface area contributed by atoms with E-state index in [0.717, 1.165) is 12.0 Å². The lowest BCUT2D eigenvalue weighted by atomic mass is 9.85. The van der Waals surface area contributed by atoms with Gasteiger partial charge in [0.15, 0.2) is 0 Å². The Morgan fingerprint density at radius 2 is 1.70 bits per heavy atom. The minimum Gasteiger partial charge on any atom is -0.396 e. The van der Waals surface area contributed by atoms with Gasteiger partial charge in [-0.15, -0.1) is 0 Å². The number of aliphatic hydroxyl groups is 1. The number of hydrogen-bond acceptors (Lipinski definition) is 3. The zero-order valence-corrected chi connectivity index (χ0v) is 15.2. The van der Waals surface area contributed by atoms with Crippen molar-refractivity contribution in [3.8, 4) is 0 Å². The molecule has 3 nitrogen and oxygen atoms in total. The van der Waals surface area contributed by atoms with E-state index in [1.807, 2.05) is 0 Å². The van der Waals surface area contributed by atoms with Crippen molar-refractivity contribution in [2.24, 2.45) is 11.8 Å². The molecule has 134 valence electrons. The Balaban J connectivity index is 1.44. The van der Waals surface area contributed by atoms with Crippen molar-refractivity contribution < 1.29 is 5.11 Å². The van der Waals surface area contributed by atoms with Crippen molar-refractivity contribution in [1.82, 2.24) is 10.2 Å². The molecular formula is C20H38N2O. The van der Waals surface area contributed by atoms with Crippen LogP contribution in [0, 0.1) is 11.8 Å². The van der Waals surface area contributed by atoms with Crippen LogP contribution in [0.5, 0.6) is 0 Å². The van der Waals surface area contributed by atoms with Gasteiger partial charge in [-0.05, 0) is 63.5 Å². The average molecular weight is 323 g/mol. The highest BCUT2D eigenvalue weighted by Gasteiger charge is 2.30. The van der Waals surface area contributed by atoms with Gasteiger partial charge in [0.05, 0.1) is 0 Å². The predicted molar refractivity (Wildman–Crippen MR) is 96.6 cm³/mol. The van der Waals surface area contributed by atoms with Crippen LogP contribution >= 0.6 is 0 Å². The van der Waals surface area contributed by atoms with Crippen molar-refractivity contribution in [2.45, 2.75) is 95.7 Å². The van der Waals surface area contributed by atoms with Crippen LogP contribution in [0.25, 0.3) is 0 Å². The van der Waals surface area contributed by atoms with Crippen molar-refractivity contribution in [3.05, 3.63) is 0 Å². The maximum absolute atomic E-state index is 9.70. The van der Waals surface area contributed by atoms with Gasteiger partial charge >= 0.3 is 0 Å². The van der Waals surface area contributed by atoms with Crippen LogP contribution in [0.15, 0.2) is 0 Å². The van der Waals surface area contributed by atoms with Crippen LogP contribution in [0.2, 0.25) is 0 Å². The van der Waals surface area contributed by atoms with Crippen molar-refractivity contribution in [1.29, 1.82) is 0 Å². The summed E-state index contributed by atoms with van der Waals surface area (Å²) in [5, 5.41) is 13.6. The summed E-state index contributed by atoms with van der Waals surface area (Å²) >= 11 is 0. The molecule has 0 aromatic rings. The van der Waals surface area contributed by atoms with E-state index in [1.165, 1.54) is 83.7 Å². The molecule has 0 spiro atoms. The quantitative estimate of drug-likeness (QED) is 0.777. The Morgan fingerprint density at radius 1 is 0.913 bits per heavy atom. The first-order chi connectivity index (χ1) is 11.3. The average Bonchev–Trinajstić information content (AvgIpc) is 2.80. The molecule has 1 saturated heterocycles. The normalized spacial score (nSPS) is 38.3. The first kappa shape index (κ1) is 17.7. The lowest BCUT2D eigenvalue weighted by Gasteiger charge is -2.42. The first-order valence-corrected chi connectivity index (χ1v) is 10.4. The Bertz CT molecular complexity index is 341. The minimum atomic E-state index is 0.372. The zero-order chi connectivity index (χ0) is 16.1. The van der Waals surface area contributed by atoms with Crippen LogP contribution in [0.1, 0.15) is 77.6 Å². The smallest absolute Gasteiger partial charge is 0.0474 e. The molecule has 4 atom stereocenters. The maximum atomic E-state index is 9.70. The largest absolute Gasteiger partial charge is 0.396 e. The molecule has 3 heteroatoms. The number of hydrogen-bond donors (Lipinski definition) is 2. The van der Waals surface area contributed by atoms with Gasteiger partial charge in [-0.3, -0.25) is 0 Å². The Labute approximate surface area is 143 Å². The molecule has 0 radical (unpaired) electrons. The van der Waals surface area contributed by atoms with E-state index >= 15 is 0 Å². The lowest BCUT2D eigenvalue weighted by Crippen LogP contribution is -2.51. The second-order valence-corrected chi connectivity index (χ2v) is 8.59. The Morgan fingerprint density at radius 3 is 2.43 bits per heavy atom. The van der Waals surface area contributed by atoms with Gasteiger partial charge in [0.25, 0.3) is 0 Å². The summed E-state index contributed by atoms with van der Waals surface area (Å²) < 4.78 is 0. The molecule has 0 bridgehead atoms. The summed E-state index contributed by atoms with van der Waals surface area (Å²) in [5.74, 6) is 1.43. The summed E-state index contributed by atoms with van der Waals surface area (Å²) in [7, 11) is 0. The van der Waals surface area contributed by atoms with Gasteiger partial charge < -0.3 is 15.3 Å². The topological polar surface area (TPSA) is 35.5 Å². The minimum absolute atomic E-state index is 0.372. The molecule has 1 aliphatic heterocycles. The van der Waals surface area contributed by atoms with Crippen LogP contribution in [0.3, 0.4) is 0 Å². The standard InChI is InChI=1S/C20H38N2O/c1-16-6-5-8-19(14-16)22-12-10-18(11-13-22)21-20-9-4-2-3-7-17(20)15-23/h16-21,23H,2-15H2,1H3/t16-,17-,19+,20+/m1/s1. The van der Waals surface area contributed by atoms with Crippen molar-refractivity contribution in [3.63, 3.8) is 0 Å². The summed E-state index contributed by atoms with van der Waals surface area (Å²) in [4.78, 5) is 2.78. The summed E-state index contributed by atoms with van der Waals surface area (Å²) in [6.45, 7) is 5.37. The van der Waals surface area contributed by atoms with Crippen LogP contribution in [-0.4, -0.2) is 47.8 Å². The van der Waals surface area contributed by atoms with Crippen molar-refractivity contribution in [2.75, 3.05) is 19.7 Å². The summed E-state index contributed by atoms with van der Waals surface area (Å²) in [5.41, 5.74) is 0. The summed E-state index contributed by atoms with van der Waals surface area (Å²) in [6, 6.07) is 2.11. The fraction of sp³-hybridized carbons (Fsp3) is 1.00. The zero-order valence-electron chi connectivity index (χ0n) is 15.2. The van der Waals surface area contributed by atoms with Crippen molar-refractivity contribution >= 4 is 0 Å². The Kier molecular flexibility index (Phi) is 6.79. The van der Waals surface area contributed by atoms with E-state index in [0.29, 0.717) is 24.6 Å². The third-order valence-corrected chi connectivity index (χ3v) is 6.80. The van der Waals surface area contributed by atoms with E-state index in [1.54, 1.807) is 0 Å². The monoisotopic (exact) mass is 322 g/mol. The number of aliphatic hydroxyl groups excluding tert-OH is 1. The van der Waals surface area contributed by atoms with Crippen LogP contribution in [0.4, 0.5) is 0 Å². The molecule has 3 aliphatic rings. The van der Waals surface area contributed by atoms with Crippen LogP contribution < -0.4 is 5.32 Å². The van der Waals surface area contributed by atoms with E-state index in [9.17, 15) is 5.11 Å². The molecule has 0 aromatic carbocycles. The van der Waals surface area contributed by atoms with E-state index in [4.69, 9.17) is 0 Å². The molecule has 0 aromatic heterocycles. The molecule has 3 fully saturated rings. The molecule has 2 saturated carbocycles. The highest BCUT2D eigenvalue weighted by atomic mass is 16.3. The number of piperidine rings is 1. The summed E-state index contributed by atoms with van der Waals surface area (Å²) in [6.07, 6.45) is 14.8. The number of rotatable bonds is 4. The molecule has 3 rings (SSSR count). The molecule has 2 aliphatic carbocycles. The van der Waals surface area contributed by atoms with E-state index in [2.05, 4.69) is 17.1 Å². The molecule has 1 heterocycles. The third kappa shape index (κ3) is 4.93. The molecule has 0 unspecified atom stereocenters. The van der Waals surface area contributed by atoms with Gasteiger partial charge in [0.1, 0.15) is 0 Å². The SMILES string of the molecule is C[C@@H]1CCC[C@H](N2CCC(N[C@H]3CCCCC[C@@H]3CO)CC2)C1. The molecule has 0 amide bonds. The fourth-order valence-corrected chi connectivity index (χ4v) is 5.29. The van der Waals surface area contributed by atoms with Gasteiger partial charge in [0.2, 0.25) is 0 Å². The van der Waals surface area contributed by atoms with E-state index < -0.39 is 0 Å². The number of nitrogens with zero attached hydrogens (tertiary/aromatic N) is 1. The molecule has 2 N–H and O–H groups in total. The second kappa shape index (κ2) is 8.82. The second-order valence-electron chi connectivity index (χ2n) is 8.59. The van der Waals surface area contributed by atoms with Gasteiger partial charge in [-0.25, -0.2) is 0 Å². The van der Waals surface area contributed by atoms with Gasteiger partial charge in [-0.2, -0.15) is 0 Å². The van der Waals surface area contributed by atoms with Gasteiger partial charge in [-0.1, -0.05) is 39.0 Å². The van der Waals surface area contributed by atoms with Gasteiger partial charge in [0, 0.05) is 24.7 Å². The lowest BCUT2D eigenvalue weighted by molar-refractivity contribution is 0.0919. The van der Waals surface area contributed by atoms with Crippen LogP contribution in [-0.2, 0) is 0 Å². The van der Waals surface area contributed by atoms with E-state index in [-0.39, 0.29) is 0 Å².